The molecular weight excluding hydrogens is 316 g/mol. The fourth-order valence-corrected chi connectivity index (χ4v) is 3.36. The molecule has 3 rings (SSSR count). The highest BCUT2D eigenvalue weighted by molar-refractivity contribution is 5.92. The van der Waals surface area contributed by atoms with Crippen molar-refractivity contribution < 1.29 is 4.79 Å². The van der Waals surface area contributed by atoms with Crippen molar-refractivity contribution in [2.45, 2.75) is 58.4 Å². The summed E-state index contributed by atoms with van der Waals surface area (Å²) in [4.78, 5) is 14.8. The average molecular weight is 344 g/mol. The van der Waals surface area contributed by atoms with Gasteiger partial charge in [-0.15, -0.1) is 10.2 Å². The first kappa shape index (κ1) is 17.6. The molecule has 25 heavy (non-hydrogen) atoms. The van der Waals surface area contributed by atoms with Gasteiger partial charge in [0.1, 0.15) is 17.8 Å². The minimum Gasteiger partial charge on any atom is -0.337 e. The third-order valence-corrected chi connectivity index (χ3v) is 5.00. The molecular formula is C18H28N6O. The normalized spacial score (nSPS) is 16.4. The Hall–Kier alpha value is -2.18. The molecule has 0 atom stereocenters. The summed E-state index contributed by atoms with van der Waals surface area (Å²) in [6.45, 7) is 10.8. The summed E-state index contributed by atoms with van der Waals surface area (Å²) in [6.07, 6.45) is 3.64. The molecule has 3 heterocycles. The molecule has 0 unspecified atom stereocenters. The molecule has 1 aliphatic heterocycles. The predicted octanol–water partition coefficient (Wildman–Crippen LogP) is 2.35. The summed E-state index contributed by atoms with van der Waals surface area (Å²) in [7, 11) is 1.85. The van der Waals surface area contributed by atoms with E-state index in [4.69, 9.17) is 0 Å². The minimum atomic E-state index is -0.0620. The van der Waals surface area contributed by atoms with Gasteiger partial charge in [-0.05, 0) is 25.8 Å². The standard InChI is InChI=1S/C18H28N6O/c1-6-23-12-19-20-16(23)13-7-9-24(10-8-13)17(25)14-11-15(18(2,3)4)21-22(14)5/h11-13H,6-10H2,1-5H3. The Morgan fingerprint density at radius 1 is 1.28 bits per heavy atom. The third kappa shape index (κ3) is 3.45. The van der Waals surface area contributed by atoms with Crippen LogP contribution in [0.2, 0.25) is 0 Å². The van der Waals surface area contributed by atoms with Crippen molar-refractivity contribution in [3.63, 3.8) is 0 Å². The summed E-state index contributed by atoms with van der Waals surface area (Å²) in [5, 5.41) is 12.8. The fourth-order valence-electron chi connectivity index (χ4n) is 3.36. The Labute approximate surface area is 149 Å². The highest BCUT2D eigenvalue weighted by Gasteiger charge is 2.29. The van der Waals surface area contributed by atoms with E-state index < -0.39 is 0 Å². The predicted molar refractivity (Wildman–Crippen MR) is 95.5 cm³/mol. The van der Waals surface area contributed by atoms with Crippen molar-refractivity contribution in [2.24, 2.45) is 7.05 Å². The van der Waals surface area contributed by atoms with Gasteiger partial charge in [-0.2, -0.15) is 5.10 Å². The Morgan fingerprint density at radius 2 is 1.96 bits per heavy atom. The Bertz CT molecular complexity index is 746. The molecule has 1 aliphatic rings. The fraction of sp³-hybridized carbons (Fsp3) is 0.667. The summed E-state index contributed by atoms with van der Waals surface area (Å²) in [5.41, 5.74) is 1.55. The van der Waals surface area contributed by atoms with Gasteiger partial charge in [-0.3, -0.25) is 9.48 Å². The lowest BCUT2D eigenvalue weighted by Crippen LogP contribution is -2.39. The van der Waals surface area contributed by atoms with E-state index in [-0.39, 0.29) is 11.3 Å². The number of nitrogens with zero attached hydrogens (tertiary/aromatic N) is 6. The molecule has 0 N–H and O–H groups in total. The van der Waals surface area contributed by atoms with E-state index in [0.29, 0.717) is 11.6 Å². The molecule has 0 aliphatic carbocycles. The van der Waals surface area contributed by atoms with Gasteiger partial charge in [-0.1, -0.05) is 20.8 Å². The van der Waals surface area contributed by atoms with E-state index >= 15 is 0 Å². The molecule has 136 valence electrons. The number of rotatable bonds is 3. The van der Waals surface area contributed by atoms with E-state index in [1.165, 1.54) is 0 Å². The van der Waals surface area contributed by atoms with E-state index in [1.807, 2.05) is 18.0 Å². The second-order valence-corrected chi connectivity index (χ2v) is 7.83. The van der Waals surface area contributed by atoms with Gasteiger partial charge in [0.05, 0.1) is 5.69 Å². The van der Waals surface area contributed by atoms with Gasteiger partial charge in [0.25, 0.3) is 5.91 Å². The second kappa shape index (κ2) is 6.61. The summed E-state index contributed by atoms with van der Waals surface area (Å²) >= 11 is 0. The van der Waals surface area contributed by atoms with Crippen molar-refractivity contribution in [3.8, 4) is 0 Å². The molecule has 0 aromatic carbocycles. The largest absolute Gasteiger partial charge is 0.337 e. The van der Waals surface area contributed by atoms with Crippen molar-refractivity contribution in [2.75, 3.05) is 13.1 Å². The molecule has 1 amide bonds. The highest BCUT2D eigenvalue weighted by atomic mass is 16.2. The number of likely N-dealkylation sites (tertiary alicyclic amines) is 1. The van der Waals surface area contributed by atoms with Crippen LogP contribution >= 0.6 is 0 Å². The van der Waals surface area contributed by atoms with Crippen LogP contribution in [0.3, 0.4) is 0 Å². The summed E-state index contributed by atoms with van der Waals surface area (Å²) < 4.78 is 3.81. The number of amides is 1. The Kier molecular flexibility index (Phi) is 4.67. The lowest BCUT2D eigenvalue weighted by molar-refractivity contribution is 0.0699. The first-order valence-electron chi connectivity index (χ1n) is 9.02. The van der Waals surface area contributed by atoms with Gasteiger partial charge in [-0.25, -0.2) is 0 Å². The zero-order valence-electron chi connectivity index (χ0n) is 15.9. The quantitative estimate of drug-likeness (QED) is 0.857. The maximum absolute atomic E-state index is 12.9. The van der Waals surface area contributed by atoms with Gasteiger partial charge in [0, 0.05) is 38.0 Å². The van der Waals surface area contributed by atoms with Crippen molar-refractivity contribution in [3.05, 3.63) is 29.6 Å². The average Bonchev–Trinajstić information content (AvgIpc) is 3.20. The first-order chi connectivity index (χ1) is 11.8. The van der Waals surface area contributed by atoms with Crippen LogP contribution in [0, 0.1) is 0 Å². The van der Waals surface area contributed by atoms with Crippen LogP contribution in [0.25, 0.3) is 0 Å². The van der Waals surface area contributed by atoms with Gasteiger partial charge in [0.15, 0.2) is 0 Å². The molecule has 1 saturated heterocycles. The number of carbonyl (C=O) groups excluding carboxylic acids is 1. The highest BCUT2D eigenvalue weighted by Crippen LogP contribution is 2.28. The molecule has 1 fully saturated rings. The van der Waals surface area contributed by atoms with Crippen molar-refractivity contribution in [1.82, 2.24) is 29.4 Å². The molecule has 2 aromatic rings. The molecule has 0 saturated carbocycles. The summed E-state index contributed by atoms with van der Waals surface area (Å²) in [5.74, 6) is 1.49. The van der Waals surface area contributed by atoms with Gasteiger partial charge < -0.3 is 9.47 Å². The van der Waals surface area contributed by atoms with Crippen LogP contribution in [0.4, 0.5) is 0 Å². The van der Waals surface area contributed by atoms with Crippen LogP contribution in [0.15, 0.2) is 12.4 Å². The number of hydrogen-bond donors (Lipinski definition) is 0. The molecule has 0 radical (unpaired) electrons. The zero-order valence-corrected chi connectivity index (χ0v) is 15.9. The zero-order chi connectivity index (χ0) is 18.2. The van der Waals surface area contributed by atoms with Crippen LogP contribution < -0.4 is 0 Å². The minimum absolute atomic E-state index is 0.0620. The van der Waals surface area contributed by atoms with Crippen LogP contribution in [0.5, 0.6) is 0 Å². The van der Waals surface area contributed by atoms with Crippen LogP contribution in [-0.2, 0) is 19.0 Å². The number of aromatic nitrogens is 5. The lowest BCUT2D eigenvalue weighted by atomic mass is 9.92. The van der Waals surface area contributed by atoms with Crippen LogP contribution in [-0.4, -0.2) is 48.4 Å². The van der Waals surface area contributed by atoms with Gasteiger partial charge in [0.2, 0.25) is 0 Å². The Balaban J connectivity index is 1.69. The van der Waals surface area contributed by atoms with Gasteiger partial charge >= 0.3 is 0 Å². The van der Waals surface area contributed by atoms with Crippen LogP contribution in [0.1, 0.15) is 68.5 Å². The number of hydrogen-bond acceptors (Lipinski definition) is 4. The molecule has 2 aromatic heterocycles. The second-order valence-electron chi connectivity index (χ2n) is 7.83. The van der Waals surface area contributed by atoms with E-state index in [1.54, 1.807) is 11.0 Å². The van der Waals surface area contributed by atoms with Crippen molar-refractivity contribution in [1.29, 1.82) is 0 Å². The number of carbonyl (C=O) groups is 1. The first-order valence-corrected chi connectivity index (χ1v) is 9.02. The summed E-state index contributed by atoms with van der Waals surface area (Å²) in [6, 6.07) is 1.93. The maximum atomic E-state index is 12.9. The van der Waals surface area contributed by atoms with E-state index in [0.717, 1.165) is 44.0 Å². The molecule has 7 nitrogen and oxygen atoms in total. The molecule has 0 spiro atoms. The van der Waals surface area contributed by atoms with E-state index in [2.05, 4.69) is 47.6 Å². The lowest BCUT2D eigenvalue weighted by Gasteiger charge is -2.31. The Morgan fingerprint density at radius 3 is 2.52 bits per heavy atom. The maximum Gasteiger partial charge on any atom is 0.272 e. The number of aryl methyl sites for hydroxylation is 2. The smallest absolute Gasteiger partial charge is 0.272 e. The molecule has 7 heteroatoms. The topological polar surface area (TPSA) is 68.8 Å². The van der Waals surface area contributed by atoms with Crippen molar-refractivity contribution >= 4 is 5.91 Å². The SMILES string of the molecule is CCn1cnnc1C1CCN(C(=O)c2cc(C(C)(C)C)nn2C)CC1. The molecule has 0 bridgehead atoms. The van der Waals surface area contributed by atoms with E-state index in [9.17, 15) is 4.79 Å². The number of piperidine rings is 1. The monoisotopic (exact) mass is 344 g/mol. The third-order valence-electron chi connectivity index (χ3n) is 5.00.